The average Bonchev–Trinajstić information content (AvgIpc) is 2.96. The molecule has 1 aromatic heterocycles. The number of amides is 2. The van der Waals surface area contributed by atoms with Gasteiger partial charge < -0.3 is 16.0 Å². The van der Waals surface area contributed by atoms with E-state index in [2.05, 4.69) is 26.1 Å². The minimum absolute atomic E-state index is 0.123. The quantitative estimate of drug-likeness (QED) is 0.675. The summed E-state index contributed by atoms with van der Waals surface area (Å²) < 4.78 is 0. The largest absolute Gasteiger partial charge is 0.347 e. The van der Waals surface area contributed by atoms with Gasteiger partial charge in [-0.1, -0.05) is 12.1 Å². The number of carbonyl (C=O) groups is 2. The Morgan fingerprint density at radius 2 is 2.22 bits per heavy atom. The number of nitrogens with zero attached hydrogens (tertiary/aromatic N) is 1. The monoisotopic (exact) mass is 313 g/mol. The average molecular weight is 313 g/mol. The van der Waals surface area contributed by atoms with Crippen LogP contribution in [-0.4, -0.2) is 28.6 Å². The smallest absolute Gasteiger partial charge is 0.272 e. The van der Waals surface area contributed by atoms with Gasteiger partial charge in [0.15, 0.2) is 5.69 Å². The van der Waals surface area contributed by atoms with Crippen molar-refractivity contribution in [1.29, 1.82) is 0 Å². The molecule has 2 amide bonds. The fraction of sp³-hybridized carbons (Fsp3) is 0.312. The highest BCUT2D eigenvalue weighted by molar-refractivity contribution is 5.94. The van der Waals surface area contributed by atoms with E-state index >= 15 is 0 Å². The molecular formula is C16H19N5O2. The van der Waals surface area contributed by atoms with Gasteiger partial charge in [-0.05, 0) is 17.7 Å². The lowest BCUT2D eigenvalue weighted by Crippen LogP contribution is -2.28. The van der Waals surface area contributed by atoms with Gasteiger partial charge in [0.25, 0.3) is 5.91 Å². The third-order valence-corrected chi connectivity index (χ3v) is 3.72. The summed E-state index contributed by atoms with van der Waals surface area (Å²) in [5, 5.41) is 15.9. The number of hydrogen-bond donors (Lipinski definition) is 4. The Kier molecular flexibility index (Phi) is 4.38. The number of carbonyl (C=O) groups excluding carboxylic acids is 2. The highest BCUT2D eigenvalue weighted by Gasteiger charge is 2.21. The zero-order chi connectivity index (χ0) is 16.2. The molecule has 3 rings (SSSR count). The standard InChI is InChI=1S/C16H19N5O2/c1-10(22)19-12-4-2-3-11(7-12)8-18-16(23)15-13-9-17-6-5-14(13)20-21-15/h2-4,7,17H,5-6,8-9H2,1H3,(H,18,23)(H,19,22)(H,20,21). The summed E-state index contributed by atoms with van der Waals surface area (Å²) in [6.07, 6.45) is 0.856. The van der Waals surface area contributed by atoms with Crippen LogP contribution in [0.1, 0.15) is 34.2 Å². The molecule has 4 N–H and O–H groups in total. The van der Waals surface area contributed by atoms with Crippen LogP contribution in [-0.2, 0) is 24.3 Å². The maximum atomic E-state index is 12.3. The zero-order valence-electron chi connectivity index (χ0n) is 12.9. The molecule has 0 unspecified atom stereocenters. The van der Waals surface area contributed by atoms with Crippen molar-refractivity contribution in [1.82, 2.24) is 20.8 Å². The van der Waals surface area contributed by atoms with E-state index in [9.17, 15) is 9.59 Å². The molecule has 0 spiro atoms. The van der Waals surface area contributed by atoms with Gasteiger partial charge in [0.2, 0.25) is 5.91 Å². The van der Waals surface area contributed by atoms with E-state index in [4.69, 9.17) is 0 Å². The number of H-pyrrole nitrogens is 1. The van der Waals surface area contributed by atoms with Crippen LogP contribution in [0.5, 0.6) is 0 Å². The Labute approximate surface area is 133 Å². The first-order valence-electron chi connectivity index (χ1n) is 7.55. The maximum absolute atomic E-state index is 12.3. The van der Waals surface area contributed by atoms with Gasteiger partial charge in [0, 0.05) is 49.9 Å². The van der Waals surface area contributed by atoms with Gasteiger partial charge in [0.05, 0.1) is 0 Å². The van der Waals surface area contributed by atoms with E-state index in [1.807, 2.05) is 24.3 Å². The number of hydrogen-bond acceptors (Lipinski definition) is 4. The summed E-state index contributed by atoms with van der Waals surface area (Å²) in [7, 11) is 0. The third kappa shape index (κ3) is 3.57. The Morgan fingerprint density at radius 3 is 3.04 bits per heavy atom. The van der Waals surface area contributed by atoms with Crippen molar-refractivity contribution in [3.63, 3.8) is 0 Å². The van der Waals surface area contributed by atoms with E-state index in [1.165, 1.54) is 6.92 Å². The molecule has 7 heteroatoms. The SMILES string of the molecule is CC(=O)Nc1cccc(CNC(=O)c2n[nH]c3c2CNCC3)c1. The number of anilines is 1. The Bertz CT molecular complexity index is 738. The number of benzene rings is 1. The van der Waals surface area contributed by atoms with Crippen LogP contribution in [0.25, 0.3) is 0 Å². The summed E-state index contributed by atoms with van der Waals surface area (Å²) in [6.45, 7) is 3.39. The number of fused-ring (bicyclic) bond motifs is 1. The highest BCUT2D eigenvalue weighted by Crippen LogP contribution is 2.15. The highest BCUT2D eigenvalue weighted by atomic mass is 16.2. The molecule has 0 saturated carbocycles. The van der Waals surface area contributed by atoms with Gasteiger partial charge in [-0.3, -0.25) is 14.7 Å². The molecular weight excluding hydrogens is 294 g/mol. The first-order valence-corrected chi connectivity index (χ1v) is 7.55. The van der Waals surface area contributed by atoms with E-state index < -0.39 is 0 Å². The zero-order valence-corrected chi connectivity index (χ0v) is 12.9. The number of nitrogens with one attached hydrogen (secondary N) is 4. The molecule has 1 aromatic carbocycles. The van der Waals surface area contributed by atoms with Crippen LogP contribution in [0, 0.1) is 0 Å². The van der Waals surface area contributed by atoms with Crippen LogP contribution < -0.4 is 16.0 Å². The molecule has 0 atom stereocenters. The second-order valence-electron chi connectivity index (χ2n) is 5.52. The van der Waals surface area contributed by atoms with Gasteiger partial charge in [-0.15, -0.1) is 0 Å². The van der Waals surface area contributed by atoms with Crippen LogP contribution in [0.15, 0.2) is 24.3 Å². The van der Waals surface area contributed by atoms with Crippen molar-refractivity contribution in [2.75, 3.05) is 11.9 Å². The van der Waals surface area contributed by atoms with Gasteiger partial charge in [0.1, 0.15) is 0 Å². The second-order valence-corrected chi connectivity index (χ2v) is 5.52. The lowest BCUT2D eigenvalue weighted by Gasteiger charge is -2.13. The van der Waals surface area contributed by atoms with Gasteiger partial charge >= 0.3 is 0 Å². The molecule has 0 radical (unpaired) electrons. The van der Waals surface area contributed by atoms with E-state index in [0.717, 1.165) is 29.8 Å². The predicted molar refractivity (Wildman–Crippen MR) is 85.9 cm³/mol. The summed E-state index contributed by atoms with van der Waals surface area (Å²) >= 11 is 0. The van der Waals surface area contributed by atoms with Crippen molar-refractivity contribution in [2.24, 2.45) is 0 Å². The summed E-state index contributed by atoms with van der Waals surface area (Å²) in [5.41, 5.74) is 4.05. The van der Waals surface area contributed by atoms with Crippen molar-refractivity contribution in [3.8, 4) is 0 Å². The first kappa shape index (κ1) is 15.2. The fourth-order valence-corrected chi connectivity index (χ4v) is 2.64. The molecule has 0 aliphatic carbocycles. The van der Waals surface area contributed by atoms with Crippen LogP contribution in [0.3, 0.4) is 0 Å². The summed E-state index contributed by atoms with van der Waals surface area (Å²) in [6, 6.07) is 7.38. The molecule has 1 aliphatic rings. The normalized spacial score (nSPS) is 13.3. The van der Waals surface area contributed by atoms with Crippen LogP contribution in [0.4, 0.5) is 5.69 Å². The second kappa shape index (κ2) is 6.62. The maximum Gasteiger partial charge on any atom is 0.272 e. The van der Waals surface area contributed by atoms with Crippen molar-refractivity contribution in [3.05, 3.63) is 46.8 Å². The van der Waals surface area contributed by atoms with Gasteiger partial charge in [-0.2, -0.15) is 5.10 Å². The molecule has 2 aromatic rings. The summed E-state index contributed by atoms with van der Waals surface area (Å²) in [5.74, 6) is -0.321. The molecule has 0 saturated heterocycles. The molecule has 2 heterocycles. The first-order chi connectivity index (χ1) is 11.1. The van der Waals surface area contributed by atoms with Crippen LogP contribution in [0.2, 0.25) is 0 Å². The summed E-state index contributed by atoms with van der Waals surface area (Å²) in [4.78, 5) is 23.4. The minimum atomic E-state index is -0.198. The number of rotatable bonds is 4. The van der Waals surface area contributed by atoms with E-state index in [-0.39, 0.29) is 11.8 Å². The van der Waals surface area contributed by atoms with Gasteiger partial charge in [-0.25, -0.2) is 0 Å². The molecule has 23 heavy (non-hydrogen) atoms. The topological polar surface area (TPSA) is 98.9 Å². The van der Waals surface area contributed by atoms with Crippen LogP contribution >= 0.6 is 0 Å². The number of aromatic amines is 1. The minimum Gasteiger partial charge on any atom is -0.347 e. The molecule has 0 fully saturated rings. The van der Waals surface area contributed by atoms with Crippen molar-refractivity contribution < 1.29 is 9.59 Å². The third-order valence-electron chi connectivity index (χ3n) is 3.72. The Hall–Kier alpha value is -2.67. The lowest BCUT2D eigenvalue weighted by molar-refractivity contribution is -0.114. The Morgan fingerprint density at radius 1 is 1.35 bits per heavy atom. The van der Waals surface area contributed by atoms with Crippen molar-refractivity contribution >= 4 is 17.5 Å². The Balaban J connectivity index is 1.65. The molecule has 7 nitrogen and oxygen atoms in total. The van der Waals surface area contributed by atoms with Crippen molar-refractivity contribution in [2.45, 2.75) is 26.4 Å². The molecule has 1 aliphatic heterocycles. The predicted octanol–water partition coefficient (Wildman–Crippen LogP) is 0.944. The fourth-order valence-electron chi connectivity index (χ4n) is 2.64. The molecule has 0 bridgehead atoms. The molecule has 120 valence electrons. The van der Waals surface area contributed by atoms with E-state index in [0.29, 0.717) is 24.5 Å². The number of aromatic nitrogens is 2. The lowest BCUT2D eigenvalue weighted by atomic mass is 10.1. The van der Waals surface area contributed by atoms with E-state index in [1.54, 1.807) is 0 Å².